The molecule has 0 aliphatic carbocycles. The molecule has 0 spiro atoms. The number of aromatic nitrogens is 1. The summed E-state index contributed by atoms with van der Waals surface area (Å²) >= 11 is 0. The highest BCUT2D eigenvalue weighted by atomic mass is 19.1. The SMILES string of the molecule is CC(=O)Nc1cccc(NC(=O)Cc2nc(-c3cccc(F)c3)oc2C)c1. The van der Waals surface area contributed by atoms with Gasteiger partial charge in [-0.15, -0.1) is 0 Å². The van der Waals surface area contributed by atoms with Gasteiger partial charge in [-0.2, -0.15) is 0 Å². The normalized spacial score (nSPS) is 10.5. The summed E-state index contributed by atoms with van der Waals surface area (Å²) in [6.45, 7) is 3.12. The largest absolute Gasteiger partial charge is 0.441 e. The van der Waals surface area contributed by atoms with Crippen molar-refractivity contribution in [2.45, 2.75) is 20.3 Å². The molecular weight excluding hydrogens is 349 g/mol. The van der Waals surface area contributed by atoms with Crippen molar-refractivity contribution in [1.82, 2.24) is 4.98 Å². The molecule has 1 heterocycles. The summed E-state index contributed by atoms with van der Waals surface area (Å²) < 4.78 is 18.9. The van der Waals surface area contributed by atoms with E-state index in [1.165, 1.54) is 19.1 Å². The van der Waals surface area contributed by atoms with Gasteiger partial charge in [-0.05, 0) is 43.3 Å². The van der Waals surface area contributed by atoms with E-state index in [1.807, 2.05) is 0 Å². The van der Waals surface area contributed by atoms with Crippen molar-refractivity contribution in [3.63, 3.8) is 0 Å². The number of carbonyl (C=O) groups is 2. The van der Waals surface area contributed by atoms with Gasteiger partial charge in [0.15, 0.2) is 0 Å². The van der Waals surface area contributed by atoms with Gasteiger partial charge in [0.1, 0.15) is 11.6 Å². The zero-order chi connectivity index (χ0) is 19.4. The van der Waals surface area contributed by atoms with Crippen LogP contribution in [-0.4, -0.2) is 16.8 Å². The minimum absolute atomic E-state index is 0.00894. The van der Waals surface area contributed by atoms with Crippen LogP contribution in [0.25, 0.3) is 11.5 Å². The van der Waals surface area contributed by atoms with Gasteiger partial charge in [-0.25, -0.2) is 9.37 Å². The fraction of sp³-hybridized carbons (Fsp3) is 0.150. The lowest BCUT2D eigenvalue weighted by molar-refractivity contribution is -0.116. The third-order valence-corrected chi connectivity index (χ3v) is 3.76. The van der Waals surface area contributed by atoms with Crippen LogP contribution in [-0.2, 0) is 16.0 Å². The summed E-state index contributed by atoms with van der Waals surface area (Å²) in [6.07, 6.45) is 0.00894. The Morgan fingerprint density at radius 3 is 2.48 bits per heavy atom. The first-order valence-electron chi connectivity index (χ1n) is 8.30. The Kier molecular flexibility index (Phi) is 5.30. The molecule has 6 nitrogen and oxygen atoms in total. The molecule has 7 heteroatoms. The predicted molar refractivity (Wildman–Crippen MR) is 99.7 cm³/mol. The molecule has 27 heavy (non-hydrogen) atoms. The molecule has 2 N–H and O–H groups in total. The second-order valence-electron chi connectivity index (χ2n) is 6.02. The number of anilines is 2. The van der Waals surface area contributed by atoms with E-state index >= 15 is 0 Å². The molecule has 0 aliphatic rings. The fourth-order valence-electron chi connectivity index (χ4n) is 2.57. The molecule has 138 valence electrons. The lowest BCUT2D eigenvalue weighted by atomic mass is 10.2. The van der Waals surface area contributed by atoms with Crippen LogP contribution in [0.5, 0.6) is 0 Å². The van der Waals surface area contributed by atoms with Gasteiger partial charge in [0, 0.05) is 23.9 Å². The smallest absolute Gasteiger partial charge is 0.230 e. The van der Waals surface area contributed by atoms with E-state index < -0.39 is 0 Å². The number of hydrogen-bond acceptors (Lipinski definition) is 4. The van der Waals surface area contributed by atoms with Crippen molar-refractivity contribution in [2.24, 2.45) is 0 Å². The minimum Gasteiger partial charge on any atom is -0.441 e. The second kappa shape index (κ2) is 7.82. The number of nitrogens with zero attached hydrogens (tertiary/aromatic N) is 1. The fourth-order valence-corrected chi connectivity index (χ4v) is 2.57. The number of rotatable bonds is 5. The maximum absolute atomic E-state index is 13.4. The number of aryl methyl sites for hydroxylation is 1. The molecule has 3 aromatic rings. The van der Waals surface area contributed by atoms with Gasteiger partial charge in [0.25, 0.3) is 0 Å². The average Bonchev–Trinajstić information content (AvgIpc) is 2.95. The number of benzene rings is 2. The molecule has 0 saturated carbocycles. The Hall–Kier alpha value is -3.48. The molecule has 0 aliphatic heterocycles. The Labute approximate surface area is 155 Å². The molecule has 3 rings (SSSR count). The van der Waals surface area contributed by atoms with Crippen molar-refractivity contribution in [3.05, 3.63) is 65.8 Å². The highest BCUT2D eigenvalue weighted by Crippen LogP contribution is 2.23. The number of carbonyl (C=O) groups excluding carboxylic acids is 2. The summed E-state index contributed by atoms with van der Waals surface area (Å²) in [5.74, 6) is -0.0979. The van der Waals surface area contributed by atoms with E-state index in [1.54, 1.807) is 43.3 Å². The highest BCUT2D eigenvalue weighted by molar-refractivity contribution is 5.94. The summed E-state index contributed by atoms with van der Waals surface area (Å²) in [6, 6.07) is 12.7. The second-order valence-corrected chi connectivity index (χ2v) is 6.02. The number of oxazole rings is 1. The molecule has 2 aromatic carbocycles. The standard InChI is InChI=1S/C20H18FN3O3/c1-12-18(24-20(27-12)14-5-3-6-15(21)9-14)11-19(26)23-17-8-4-7-16(10-17)22-13(2)25/h3-10H,11H2,1-2H3,(H,22,25)(H,23,26). The first-order chi connectivity index (χ1) is 12.9. The molecule has 0 unspecified atom stereocenters. The summed E-state index contributed by atoms with van der Waals surface area (Å²) in [4.78, 5) is 27.8. The monoisotopic (exact) mass is 367 g/mol. The molecule has 0 bridgehead atoms. The number of amides is 2. The van der Waals surface area contributed by atoms with Crippen LogP contribution in [0.4, 0.5) is 15.8 Å². The van der Waals surface area contributed by atoms with Crippen molar-refractivity contribution in [3.8, 4) is 11.5 Å². The first-order valence-corrected chi connectivity index (χ1v) is 8.30. The number of halogens is 1. The number of hydrogen-bond donors (Lipinski definition) is 2. The van der Waals surface area contributed by atoms with E-state index in [4.69, 9.17) is 4.42 Å². The molecular formula is C20H18FN3O3. The van der Waals surface area contributed by atoms with Crippen LogP contribution in [0.1, 0.15) is 18.4 Å². The zero-order valence-corrected chi connectivity index (χ0v) is 14.9. The van der Waals surface area contributed by atoms with Crippen LogP contribution in [0, 0.1) is 12.7 Å². The third kappa shape index (κ3) is 4.78. The van der Waals surface area contributed by atoms with Crippen molar-refractivity contribution < 1.29 is 18.4 Å². The van der Waals surface area contributed by atoms with Gasteiger partial charge in [-0.3, -0.25) is 9.59 Å². The van der Waals surface area contributed by atoms with E-state index in [2.05, 4.69) is 15.6 Å². The van der Waals surface area contributed by atoms with Gasteiger partial charge >= 0.3 is 0 Å². The molecule has 0 radical (unpaired) electrons. The zero-order valence-electron chi connectivity index (χ0n) is 14.9. The maximum Gasteiger partial charge on any atom is 0.230 e. The number of nitrogens with one attached hydrogen (secondary N) is 2. The third-order valence-electron chi connectivity index (χ3n) is 3.76. The quantitative estimate of drug-likeness (QED) is 0.716. The van der Waals surface area contributed by atoms with E-state index in [0.717, 1.165) is 0 Å². The van der Waals surface area contributed by atoms with Crippen molar-refractivity contribution in [2.75, 3.05) is 10.6 Å². The molecule has 2 amide bonds. The average molecular weight is 367 g/mol. The van der Waals surface area contributed by atoms with Gasteiger partial charge in [-0.1, -0.05) is 12.1 Å². The lowest BCUT2D eigenvalue weighted by Crippen LogP contribution is -2.15. The Balaban J connectivity index is 1.70. The minimum atomic E-state index is -0.387. The molecule has 1 aromatic heterocycles. The van der Waals surface area contributed by atoms with Crippen LogP contribution < -0.4 is 10.6 Å². The molecule has 0 atom stereocenters. The summed E-state index contributed by atoms with van der Waals surface area (Å²) in [7, 11) is 0. The van der Waals surface area contributed by atoms with Gasteiger partial charge < -0.3 is 15.1 Å². The first kappa shape index (κ1) is 18.3. The van der Waals surface area contributed by atoms with Crippen LogP contribution in [0.2, 0.25) is 0 Å². The van der Waals surface area contributed by atoms with Crippen LogP contribution >= 0.6 is 0 Å². The summed E-state index contributed by atoms with van der Waals surface area (Å²) in [5, 5.41) is 5.41. The van der Waals surface area contributed by atoms with Crippen LogP contribution in [0.3, 0.4) is 0 Å². The Morgan fingerprint density at radius 1 is 1.07 bits per heavy atom. The van der Waals surface area contributed by atoms with E-state index in [9.17, 15) is 14.0 Å². The van der Waals surface area contributed by atoms with E-state index in [0.29, 0.717) is 28.4 Å². The maximum atomic E-state index is 13.4. The molecule has 0 saturated heterocycles. The van der Waals surface area contributed by atoms with Crippen molar-refractivity contribution in [1.29, 1.82) is 0 Å². The Bertz CT molecular complexity index is 998. The molecule has 0 fully saturated rings. The lowest BCUT2D eigenvalue weighted by Gasteiger charge is -2.07. The van der Waals surface area contributed by atoms with Crippen molar-refractivity contribution >= 4 is 23.2 Å². The van der Waals surface area contributed by atoms with Crippen LogP contribution in [0.15, 0.2) is 52.9 Å². The topological polar surface area (TPSA) is 84.2 Å². The van der Waals surface area contributed by atoms with E-state index in [-0.39, 0.29) is 29.9 Å². The highest BCUT2D eigenvalue weighted by Gasteiger charge is 2.15. The summed E-state index contributed by atoms with van der Waals surface area (Å²) in [5.41, 5.74) is 2.13. The van der Waals surface area contributed by atoms with Gasteiger partial charge in [0.2, 0.25) is 17.7 Å². The van der Waals surface area contributed by atoms with Gasteiger partial charge in [0.05, 0.1) is 12.1 Å². The Morgan fingerprint density at radius 2 is 1.78 bits per heavy atom. The predicted octanol–water partition coefficient (Wildman–Crippen LogP) is 3.93.